The first-order chi connectivity index (χ1) is 17.7. The van der Waals surface area contributed by atoms with Gasteiger partial charge in [-0.3, -0.25) is 4.79 Å². The Labute approximate surface area is 222 Å². The number of ether oxygens (including phenoxy) is 1. The molecule has 4 rings (SSSR count). The zero-order valence-electron chi connectivity index (χ0n) is 22.4. The lowest BCUT2D eigenvalue weighted by Crippen LogP contribution is -2.56. The standard InChI is InChI=1S/C28H37NO9/c1-27(2,11-7-5-6-8-12-37-29(35)36)17-13-22(31)26(23(14-17)38-25(34)10-9-24(32)33)18-15-21(30)20-16-19(18)28(20,3)4/h9-10,13-14,18-20,31H,5-8,11-12,15-16H2,1-4H3,(H,32,33)/b10-9+/t18-,19-,20+/m0/s1. The topological polar surface area (TPSA) is 153 Å². The molecule has 0 aromatic heterocycles. The molecule has 0 radical (unpaired) electrons. The molecule has 3 aliphatic carbocycles. The van der Waals surface area contributed by atoms with Crippen molar-refractivity contribution >= 4 is 17.7 Å². The molecule has 208 valence electrons. The highest BCUT2D eigenvalue weighted by Gasteiger charge is 2.59. The van der Waals surface area contributed by atoms with Crippen LogP contribution in [0.2, 0.25) is 0 Å². The van der Waals surface area contributed by atoms with Gasteiger partial charge in [0, 0.05) is 36.0 Å². The van der Waals surface area contributed by atoms with Gasteiger partial charge in [-0.1, -0.05) is 47.0 Å². The number of phenols is 1. The number of carbonyl (C=O) groups is 3. The highest BCUT2D eigenvalue weighted by atomic mass is 16.9. The Morgan fingerprint density at radius 2 is 1.87 bits per heavy atom. The Morgan fingerprint density at radius 3 is 2.47 bits per heavy atom. The minimum absolute atomic E-state index is 0.000268. The number of nitrogens with zero attached hydrogens (tertiary/aromatic N) is 1. The van der Waals surface area contributed by atoms with Crippen molar-refractivity contribution in [3.8, 4) is 11.5 Å². The molecule has 10 heteroatoms. The number of hydrogen-bond acceptors (Lipinski definition) is 8. The van der Waals surface area contributed by atoms with Gasteiger partial charge in [-0.25, -0.2) is 9.59 Å². The van der Waals surface area contributed by atoms with E-state index in [0.717, 1.165) is 43.7 Å². The highest BCUT2D eigenvalue weighted by molar-refractivity contribution is 5.92. The second kappa shape index (κ2) is 11.5. The predicted octanol–water partition coefficient (Wildman–Crippen LogP) is 5.09. The number of unbranched alkanes of at least 4 members (excludes halogenated alkanes) is 3. The quantitative estimate of drug-likeness (QED) is 0.0884. The Hall–Kier alpha value is -3.43. The lowest BCUT2D eigenvalue weighted by atomic mass is 9.44. The third-order valence-electron chi connectivity index (χ3n) is 8.38. The maximum Gasteiger partial charge on any atom is 0.336 e. The van der Waals surface area contributed by atoms with Crippen LogP contribution in [-0.2, 0) is 24.6 Å². The van der Waals surface area contributed by atoms with Gasteiger partial charge in [0.1, 0.15) is 17.3 Å². The predicted molar refractivity (Wildman–Crippen MR) is 137 cm³/mol. The number of hydrogen-bond donors (Lipinski definition) is 2. The molecule has 0 aliphatic heterocycles. The number of rotatable bonds is 13. The molecule has 3 saturated carbocycles. The molecule has 0 spiro atoms. The number of carbonyl (C=O) groups excluding carboxylic acids is 2. The van der Waals surface area contributed by atoms with Gasteiger partial charge in [-0.15, -0.1) is 10.1 Å². The van der Waals surface area contributed by atoms with Gasteiger partial charge in [-0.05, 0) is 53.7 Å². The summed E-state index contributed by atoms with van der Waals surface area (Å²) in [7, 11) is 0. The van der Waals surface area contributed by atoms with Crippen molar-refractivity contribution in [1.82, 2.24) is 0 Å². The summed E-state index contributed by atoms with van der Waals surface area (Å²) in [6, 6.07) is 3.39. The molecule has 3 atom stereocenters. The maximum absolute atomic E-state index is 12.8. The van der Waals surface area contributed by atoms with Crippen molar-refractivity contribution in [2.24, 2.45) is 17.3 Å². The lowest BCUT2D eigenvalue weighted by molar-refractivity contribution is -0.757. The minimum Gasteiger partial charge on any atom is -0.508 e. The molecule has 0 saturated heterocycles. The number of ketones is 1. The Bertz CT molecular complexity index is 1120. The fourth-order valence-electron chi connectivity index (χ4n) is 6.04. The van der Waals surface area contributed by atoms with Crippen molar-refractivity contribution < 1.29 is 39.3 Å². The number of phenolic OH excluding ortho intramolecular Hbond substituents is 1. The smallest absolute Gasteiger partial charge is 0.336 e. The van der Waals surface area contributed by atoms with Crippen molar-refractivity contribution in [3.05, 3.63) is 45.5 Å². The van der Waals surface area contributed by atoms with Crippen LogP contribution in [0.5, 0.6) is 11.5 Å². The van der Waals surface area contributed by atoms with Crippen LogP contribution < -0.4 is 4.74 Å². The third-order valence-corrected chi connectivity index (χ3v) is 8.38. The number of Topliss-reactive ketones (excluding diaryl/α,β-unsaturated/α-hetero) is 1. The van der Waals surface area contributed by atoms with Gasteiger partial charge < -0.3 is 19.8 Å². The largest absolute Gasteiger partial charge is 0.508 e. The van der Waals surface area contributed by atoms with Crippen LogP contribution >= 0.6 is 0 Å². The van der Waals surface area contributed by atoms with E-state index in [2.05, 4.69) is 18.7 Å². The summed E-state index contributed by atoms with van der Waals surface area (Å²) in [5.74, 6) is -2.11. The molecule has 0 unspecified atom stereocenters. The molecule has 1 aromatic carbocycles. The van der Waals surface area contributed by atoms with Crippen LogP contribution in [0.15, 0.2) is 24.3 Å². The van der Waals surface area contributed by atoms with Crippen molar-refractivity contribution in [2.75, 3.05) is 6.61 Å². The summed E-state index contributed by atoms with van der Waals surface area (Å²) < 4.78 is 5.59. The van der Waals surface area contributed by atoms with Crippen LogP contribution in [0.3, 0.4) is 0 Å². The van der Waals surface area contributed by atoms with Crippen LogP contribution in [0.4, 0.5) is 0 Å². The van der Waals surface area contributed by atoms with E-state index in [-0.39, 0.29) is 53.5 Å². The van der Waals surface area contributed by atoms with Gasteiger partial charge in [0.05, 0.1) is 6.61 Å². The van der Waals surface area contributed by atoms with Gasteiger partial charge in [0.15, 0.2) is 0 Å². The summed E-state index contributed by atoms with van der Waals surface area (Å²) in [4.78, 5) is 50.7. The first-order valence-electron chi connectivity index (χ1n) is 13.0. The van der Waals surface area contributed by atoms with E-state index in [1.165, 1.54) is 0 Å². The number of esters is 1. The molecule has 3 fully saturated rings. The monoisotopic (exact) mass is 531 g/mol. The van der Waals surface area contributed by atoms with Gasteiger partial charge >= 0.3 is 11.9 Å². The molecule has 38 heavy (non-hydrogen) atoms. The summed E-state index contributed by atoms with van der Waals surface area (Å²) in [5, 5.41) is 29.6. The Morgan fingerprint density at radius 1 is 1.18 bits per heavy atom. The summed E-state index contributed by atoms with van der Waals surface area (Å²) in [6.45, 7) is 8.19. The van der Waals surface area contributed by atoms with Gasteiger partial charge in [0.2, 0.25) is 0 Å². The molecule has 10 nitrogen and oxygen atoms in total. The fraction of sp³-hybridized carbons (Fsp3) is 0.607. The van der Waals surface area contributed by atoms with Gasteiger partial charge in [0.25, 0.3) is 5.09 Å². The SMILES string of the molecule is CC(C)(CCCCCCO[N+](=O)[O-])c1cc(O)c([C@H]2CC(=O)[C@H]3C[C@@H]2C3(C)C)c(OC(=O)/C=C/C(=O)O)c1. The van der Waals surface area contributed by atoms with E-state index < -0.39 is 22.4 Å². The van der Waals surface area contributed by atoms with Crippen LogP contribution in [0, 0.1) is 27.4 Å². The maximum atomic E-state index is 12.8. The van der Waals surface area contributed by atoms with E-state index >= 15 is 0 Å². The molecule has 0 amide bonds. The molecular weight excluding hydrogens is 494 g/mol. The zero-order chi connectivity index (χ0) is 28.3. The second-order valence-corrected chi connectivity index (χ2v) is 11.6. The molecular formula is C28H37NO9. The van der Waals surface area contributed by atoms with Crippen LogP contribution in [0.1, 0.15) is 89.7 Å². The van der Waals surface area contributed by atoms with Gasteiger partial charge in [-0.2, -0.15) is 0 Å². The number of fused-ring (bicyclic) bond motifs is 2. The number of aliphatic carboxylic acids is 1. The number of carboxylic acid groups (broad SMARTS) is 1. The zero-order valence-corrected chi connectivity index (χ0v) is 22.4. The second-order valence-electron chi connectivity index (χ2n) is 11.6. The molecule has 2 N–H and O–H groups in total. The van der Waals surface area contributed by atoms with E-state index in [9.17, 15) is 29.6 Å². The summed E-state index contributed by atoms with van der Waals surface area (Å²) in [6.07, 6.45) is 6.27. The number of carboxylic acids is 1. The molecule has 1 aromatic rings. The first kappa shape index (κ1) is 29.1. The van der Waals surface area contributed by atoms with E-state index in [4.69, 9.17) is 9.84 Å². The number of aromatic hydroxyl groups is 1. The molecule has 0 heterocycles. The van der Waals surface area contributed by atoms with E-state index in [0.29, 0.717) is 18.1 Å². The van der Waals surface area contributed by atoms with Crippen LogP contribution in [-0.4, -0.2) is 39.6 Å². The highest BCUT2D eigenvalue weighted by Crippen LogP contribution is 2.64. The van der Waals surface area contributed by atoms with Crippen LogP contribution in [0.25, 0.3) is 0 Å². The minimum atomic E-state index is -1.29. The summed E-state index contributed by atoms with van der Waals surface area (Å²) >= 11 is 0. The summed E-state index contributed by atoms with van der Waals surface area (Å²) in [5.41, 5.74) is 0.527. The Balaban J connectivity index is 1.84. The van der Waals surface area contributed by atoms with E-state index in [1.807, 2.05) is 13.8 Å². The third kappa shape index (κ3) is 6.52. The Kier molecular flexibility index (Phi) is 8.84. The first-order valence-corrected chi connectivity index (χ1v) is 13.0. The number of benzene rings is 1. The van der Waals surface area contributed by atoms with Crippen molar-refractivity contribution in [3.63, 3.8) is 0 Å². The molecule has 3 aliphatic rings. The fourth-order valence-corrected chi connectivity index (χ4v) is 6.04. The van der Waals surface area contributed by atoms with Crippen molar-refractivity contribution in [2.45, 2.75) is 84.0 Å². The average Bonchev–Trinajstić information content (AvgIpc) is 2.80. The average molecular weight is 532 g/mol. The van der Waals surface area contributed by atoms with Crippen molar-refractivity contribution in [1.29, 1.82) is 0 Å². The lowest BCUT2D eigenvalue weighted by Gasteiger charge is -2.59. The normalized spacial score (nSPS) is 22.1. The molecule has 2 bridgehead atoms. The van der Waals surface area contributed by atoms with E-state index in [1.54, 1.807) is 12.1 Å².